The molecule has 1 aliphatic rings. The highest BCUT2D eigenvalue weighted by molar-refractivity contribution is 7.91. The van der Waals surface area contributed by atoms with Crippen LogP contribution >= 0.6 is 0 Å². The molecule has 0 saturated heterocycles. The Morgan fingerprint density at radius 3 is 2.69 bits per heavy atom. The SMILES string of the molecule is CCS(=O)(=O)c1c(-c2nc3cc(C(F)(F)F)ncc3n2C)nn2c1CCC(C)C2. The fourth-order valence-electron chi connectivity index (χ4n) is 3.72. The van der Waals surface area contributed by atoms with Crippen molar-refractivity contribution in [1.29, 1.82) is 0 Å². The highest BCUT2D eigenvalue weighted by atomic mass is 32.2. The quantitative estimate of drug-likeness (QED) is 0.641. The van der Waals surface area contributed by atoms with Gasteiger partial charge < -0.3 is 4.57 Å². The number of fused-ring (bicyclic) bond motifs is 2. The average molecular weight is 427 g/mol. The number of rotatable bonds is 3. The van der Waals surface area contributed by atoms with Gasteiger partial charge in [0.1, 0.15) is 16.3 Å². The van der Waals surface area contributed by atoms with Crippen molar-refractivity contribution in [3.05, 3.63) is 23.7 Å². The van der Waals surface area contributed by atoms with E-state index >= 15 is 0 Å². The number of aromatic nitrogens is 5. The number of hydrogen-bond donors (Lipinski definition) is 0. The Morgan fingerprint density at radius 2 is 2.03 bits per heavy atom. The van der Waals surface area contributed by atoms with Crippen LogP contribution in [0.25, 0.3) is 22.6 Å². The fourth-order valence-corrected chi connectivity index (χ4v) is 5.00. The Morgan fingerprint density at radius 1 is 1.31 bits per heavy atom. The summed E-state index contributed by atoms with van der Waals surface area (Å²) in [6.45, 7) is 4.21. The van der Waals surface area contributed by atoms with E-state index in [0.29, 0.717) is 30.1 Å². The summed E-state index contributed by atoms with van der Waals surface area (Å²) >= 11 is 0. The zero-order valence-electron chi connectivity index (χ0n) is 16.2. The molecule has 0 aliphatic carbocycles. The molecule has 0 amide bonds. The van der Waals surface area contributed by atoms with Crippen LogP contribution in [0.2, 0.25) is 0 Å². The molecule has 0 aromatic carbocycles. The van der Waals surface area contributed by atoms with Crippen molar-refractivity contribution in [2.75, 3.05) is 5.75 Å². The van der Waals surface area contributed by atoms with E-state index in [9.17, 15) is 21.6 Å². The molecule has 0 fully saturated rings. The molecule has 0 spiro atoms. The lowest BCUT2D eigenvalue weighted by atomic mass is 10.0. The van der Waals surface area contributed by atoms with Gasteiger partial charge in [0.25, 0.3) is 0 Å². The van der Waals surface area contributed by atoms with Crippen LogP contribution in [0.15, 0.2) is 17.2 Å². The first kappa shape index (κ1) is 19.9. The molecular formula is C18H20F3N5O2S. The second kappa shape index (κ2) is 6.54. The number of hydrogen-bond acceptors (Lipinski definition) is 5. The molecule has 0 saturated carbocycles. The van der Waals surface area contributed by atoms with Crippen molar-refractivity contribution >= 4 is 20.9 Å². The molecule has 156 valence electrons. The molecule has 1 aliphatic heterocycles. The fraction of sp³-hybridized carbons (Fsp3) is 0.500. The maximum Gasteiger partial charge on any atom is 0.433 e. The minimum atomic E-state index is -4.59. The Hall–Kier alpha value is -2.43. The molecule has 3 aromatic rings. The van der Waals surface area contributed by atoms with Gasteiger partial charge in [-0.25, -0.2) is 18.4 Å². The highest BCUT2D eigenvalue weighted by Gasteiger charge is 2.35. The summed E-state index contributed by atoms with van der Waals surface area (Å²) < 4.78 is 68.0. The number of imidazole rings is 1. The van der Waals surface area contributed by atoms with Gasteiger partial charge in [-0.15, -0.1) is 0 Å². The molecule has 4 heterocycles. The number of aryl methyl sites for hydroxylation is 1. The van der Waals surface area contributed by atoms with Crippen LogP contribution in [0.1, 0.15) is 31.7 Å². The summed E-state index contributed by atoms with van der Waals surface area (Å²) in [5.74, 6) is 0.465. The molecule has 3 aromatic heterocycles. The van der Waals surface area contributed by atoms with Gasteiger partial charge in [-0.1, -0.05) is 13.8 Å². The lowest BCUT2D eigenvalue weighted by molar-refractivity contribution is -0.141. The predicted molar refractivity (Wildman–Crippen MR) is 99.9 cm³/mol. The Balaban J connectivity index is 1.97. The minimum Gasteiger partial charge on any atom is -0.324 e. The van der Waals surface area contributed by atoms with E-state index in [1.54, 1.807) is 18.7 Å². The van der Waals surface area contributed by atoms with Gasteiger partial charge in [-0.3, -0.25) is 4.68 Å². The Labute approximate surface area is 165 Å². The molecule has 0 N–H and O–H groups in total. The van der Waals surface area contributed by atoms with Crippen LogP contribution in [0, 0.1) is 5.92 Å². The largest absolute Gasteiger partial charge is 0.433 e. The molecule has 1 atom stereocenters. The van der Waals surface area contributed by atoms with Crippen molar-refractivity contribution in [1.82, 2.24) is 24.3 Å². The molecule has 29 heavy (non-hydrogen) atoms. The predicted octanol–water partition coefficient (Wildman–Crippen LogP) is 3.23. The van der Waals surface area contributed by atoms with Crippen LogP contribution in [0.5, 0.6) is 0 Å². The number of sulfone groups is 1. The molecule has 7 nitrogen and oxygen atoms in total. The van der Waals surface area contributed by atoms with E-state index in [1.165, 1.54) is 4.57 Å². The second-order valence-electron chi connectivity index (χ2n) is 7.40. The van der Waals surface area contributed by atoms with Gasteiger partial charge in [0, 0.05) is 13.6 Å². The zero-order valence-corrected chi connectivity index (χ0v) is 17.0. The van der Waals surface area contributed by atoms with E-state index in [1.807, 2.05) is 0 Å². The molecule has 11 heteroatoms. The van der Waals surface area contributed by atoms with Gasteiger partial charge in [0.15, 0.2) is 15.7 Å². The Bertz CT molecular complexity index is 1210. The Kier molecular flexibility index (Phi) is 4.48. The summed E-state index contributed by atoms with van der Waals surface area (Å²) in [5.41, 5.74) is 0.231. The van der Waals surface area contributed by atoms with Crippen molar-refractivity contribution < 1.29 is 21.6 Å². The van der Waals surface area contributed by atoms with Crippen molar-refractivity contribution in [2.45, 2.75) is 44.3 Å². The molecule has 4 rings (SSSR count). The molecule has 1 unspecified atom stereocenters. The van der Waals surface area contributed by atoms with E-state index in [2.05, 4.69) is 22.0 Å². The molecule has 0 bridgehead atoms. The highest BCUT2D eigenvalue weighted by Crippen LogP contribution is 2.36. The van der Waals surface area contributed by atoms with E-state index in [0.717, 1.165) is 18.7 Å². The van der Waals surface area contributed by atoms with Gasteiger partial charge in [-0.2, -0.15) is 18.3 Å². The van der Waals surface area contributed by atoms with Crippen molar-refractivity contribution in [3.8, 4) is 11.5 Å². The van der Waals surface area contributed by atoms with Gasteiger partial charge in [0.05, 0.1) is 28.7 Å². The van der Waals surface area contributed by atoms with E-state index in [-0.39, 0.29) is 27.7 Å². The average Bonchev–Trinajstić information content (AvgIpc) is 3.18. The third kappa shape index (κ3) is 3.21. The van der Waals surface area contributed by atoms with Gasteiger partial charge in [0.2, 0.25) is 0 Å². The standard InChI is InChI=1S/C18H20F3N5O2S/c1-4-29(27,28)16-12-6-5-10(2)9-26(12)24-15(16)17-23-11-7-14(18(19,20)21)22-8-13(11)25(17)3/h7-8,10H,4-6,9H2,1-3H3. The number of pyridine rings is 1. The third-order valence-electron chi connectivity index (χ3n) is 5.33. The van der Waals surface area contributed by atoms with Crippen molar-refractivity contribution in [2.24, 2.45) is 13.0 Å². The lowest BCUT2D eigenvalue weighted by Crippen LogP contribution is -2.20. The minimum absolute atomic E-state index is 0.0870. The summed E-state index contributed by atoms with van der Waals surface area (Å²) in [6, 6.07) is 0.866. The number of alkyl halides is 3. The third-order valence-corrected chi connectivity index (χ3v) is 7.14. The van der Waals surface area contributed by atoms with Crippen LogP contribution in [-0.4, -0.2) is 38.5 Å². The maximum atomic E-state index is 13.0. The first-order valence-corrected chi connectivity index (χ1v) is 10.9. The van der Waals surface area contributed by atoms with Crippen LogP contribution < -0.4 is 0 Å². The number of halogens is 3. The first-order chi connectivity index (χ1) is 13.5. The first-order valence-electron chi connectivity index (χ1n) is 9.25. The topological polar surface area (TPSA) is 82.7 Å². The summed E-state index contributed by atoms with van der Waals surface area (Å²) in [6.07, 6.45) is -2.07. The van der Waals surface area contributed by atoms with Gasteiger partial charge >= 0.3 is 6.18 Å². The summed E-state index contributed by atoms with van der Waals surface area (Å²) in [7, 11) is -2.00. The maximum absolute atomic E-state index is 13.0. The summed E-state index contributed by atoms with van der Waals surface area (Å²) in [4.78, 5) is 7.92. The normalized spacial score (nSPS) is 17.7. The molecule has 0 radical (unpaired) electrons. The van der Waals surface area contributed by atoms with Crippen LogP contribution in [-0.2, 0) is 36.0 Å². The van der Waals surface area contributed by atoms with E-state index < -0.39 is 21.7 Å². The van der Waals surface area contributed by atoms with Crippen molar-refractivity contribution in [3.63, 3.8) is 0 Å². The van der Waals surface area contributed by atoms with Crippen LogP contribution in [0.4, 0.5) is 13.2 Å². The smallest absolute Gasteiger partial charge is 0.324 e. The lowest BCUT2D eigenvalue weighted by Gasteiger charge is -2.20. The van der Waals surface area contributed by atoms with Gasteiger partial charge in [-0.05, 0) is 24.8 Å². The van der Waals surface area contributed by atoms with Crippen LogP contribution in [0.3, 0.4) is 0 Å². The zero-order chi connectivity index (χ0) is 21.1. The van der Waals surface area contributed by atoms with E-state index in [4.69, 9.17) is 0 Å². The molecular weight excluding hydrogens is 407 g/mol. The monoisotopic (exact) mass is 427 g/mol. The number of nitrogens with zero attached hydrogens (tertiary/aromatic N) is 5. The summed E-state index contributed by atoms with van der Waals surface area (Å²) in [5, 5.41) is 4.52. The second-order valence-corrected chi connectivity index (χ2v) is 9.62.